The molecule has 1 N–H and O–H groups in total. The molecule has 3 heterocycles. The highest BCUT2D eigenvalue weighted by Gasteiger charge is 2.25. The van der Waals surface area contributed by atoms with Gasteiger partial charge < -0.3 is 9.84 Å². The van der Waals surface area contributed by atoms with Crippen molar-refractivity contribution in [2.45, 2.75) is 13.0 Å². The molecule has 1 unspecified atom stereocenters. The van der Waals surface area contributed by atoms with Crippen molar-refractivity contribution in [1.29, 1.82) is 0 Å². The Morgan fingerprint density at radius 2 is 2.04 bits per heavy atom. The largest absolute Gasteiger partial charge is 0.334 e. The molecule has 132 valence electrons. The van der Waals surface area contributed by atoms with Gasteiger partial charge in [-0.3, -0.25) is 4.90 Å². The first-order valence-electron chi connectivity index (χ1n) is 8.07. The number of likely N-dealkylation sites (N-methyl/N-ethyl adjacent to an activating group) is 1. The number of aryl methyl sites for hydroxylation is 1. The van der Waals surface area contributed by atoms with Gasteiger partial charge in [0.1, 0.15) is 0 Å². The number of rotatable bonds is 3. The Bertz CT molecular complexity index is 828. The van der Waals surface area contributed by atoms with E-state index < -0.39 is 0 Å². The minimum Gasteiger partial charge on any atom is -0.334 e. The van der Waals surface area contributed by atoms with E-state index in [2.05, 4.69) is 32.5 Å². The molecule has 25 heavy (non-hydrogen) atoms. The number of benzene rings is 1. The van der Waals surface area contributed by atoms with Gasteiger partial charge in [0.25, 0.3) is 5.89 Å². The van der Waals surface area contributed by atoms with E-state index in [0.717, 1.165) is 42.3 Å². The Labute approximate surface area is 152 Å². The second-order valence-electron chi connectivity index (χ2n) is 6.17. The summed E-state index contributed by atoms with van der Waals surface area (Å²) in [6, 6.07) is 8.11. The van der Waals surface area contributed by atoms with E-state index in [1.165, 1.54) is 0 Å². The summed E-state index contributed by atoms with van der Waals surface area (Å²) in [7, 11) is 2.09. The molecule has 0 radical (unpaired) electrons. The summed E-state index contributed by atoms with van der Waals surface area (Å²) in [6.45, 7) is 4.83. The van der Waals surface area contributed by atoms with E-state index in [9.17, 15) is 0 Å². The van der Waals surface area contributed by atoms with E-state index in [1.807, 2.05) is 48.3 Å². The van der Waals surface area contributed by atoms with Crippen molar-refractivity contribution in [1.82, 2.24) is 30.1 Å². The maximum Gasteiger partial charge on any atom is 0.257 e. The van der Waals surface area contributed by atoms with Gasteiger partial charge in [0.05, 0.1) is 17.9 Å². The Morgan fingerprint density at radius 1 is 1.24 bits per heavy atom. The van der Waals surface area contributed by atoms with Crippen molar-refractivity contribution in [2.24, 2.45) is 0 Å². The summed E-state index contributed by atoms with van der Waals surface area (Å²) in [5, 5.41) is 11.8. The van der Waals surface area contributed by atoms with Gasteiger partial charge in [-0.1, -0.05) is 5.16 Å². The first kappa shape index (κ1) is 17.6. The topological polar surface area (TPSA) is 72.0 Å². The predicted molar refractivity (Wildman–Crippen MR) is 97.1 cm³/mol. The molecule has 0 aliphatic carbocycles. The molecule has 8 heteroatoms. The van der Waals surface area contributed by atoms with Crippen molar-refractivity contribution in [3.63, 3.8) is 0 Å². The molecule has 0 saturated carbocycles. The van der Waals surface area contributed by atoms with E-state index in [-0.39, 0.29) is 18.4 Å². The maximum atomic E-state index is 5.46. The fourth-order valence-corrected chi connectivity index (χ4v) is 2.89. The van der Waals surface area contributed by atoms with Crippen LogP contribution in [0.2, 0.25) is 0 Å². The van der Waals surface area contributed by atoms with Crippen LogP contribution in [0.4, 0.5) is 0 Å². The molecule has 0 bridgehead atoms. The zero-order valence-electron chi connectivity index (χ0n) is 14.2. The molecule has 1 atom stereocenters. The summed E-state index contributed by atoms with van der Waals surface area (Å²) < 4.78 is 7.31. The summed E-state index contributed by atoms with van der Waals surface area (Å²) in [5.74, 6) is 1.28. The maximum absolute atomic E-state index is 5.46. The lowest BCUT2D eigenvalue weighted by Crippen LogP contribution is -2.44. The number of halogens is 1. The molecule has 0 amide bonds. The molecule has 1 aliphatic rings. The summed E-state index contributed by atoms with van der Waals surface area (Å²) in [6.07, 6.45) is 3.83. The Kier molecular flexibility index (Phi) is 5.17. The van der Waals surface area contributed by atoms with Gasteiger partial charge >= 0.3 is 0 Å². The second kappa shape index (κ2) is 7.35. The molecule has 0 spiro atoms. The van der Waals surface area contributed by atoms with E-state index in [1.54, 1.807) is 0 Å². The standard InChI is InChI=1S/C17H20N6O.ClH/c1-12-9-19-23(11-12)14-5-3-13(4-6-14)17-20-16(21-24-17)15-10-18-7-8-22(15)2;/h3-6,9,11,15,18H,7-8,10H2,1-2H3;1H. The number of nitrogens with zero attached hydrogens (tertiary/aromatic N) is 5. The van der Waals surface area contributed by atoms with Gasteiger partial charge in [-0.15, -0.1) is 12.4 Å². The third kappa shape index (κ3) is 3.58. The smallest absolute Gasteiger partial charge is 0.257 e. The summed E-state index contributed by atoms with van der Waals surface area (Å²) in [5.41, 5.74) is 3.04. The number of hydrogen-bond donors (Lipinski definition) is 1. The zero-order valence-corrected chi connectivity index (χ0v) is 15.0. The molecule has 1 aromatic carbocycles. The van der Waals surface area contributed by atoms with Gasteiger partial charge in [0.15, 0.2) is 5.82 Å². The molecule has 1 aliphatic heterocycles. The van der Waals surface area contributed by atoms with Crippen LogP contribution in [0.15, 0.2) is 41.2 Å². The lowest BCUT2D eigenvalue weighted by Gasteiger charge is -2.30. The van der Waals surface area contributed by atoms with Crippen molar-refractivity contribution in [2.75, 3.05) is 26.7 Å². The van der Waals surface area contributed by atoms with Gasteiger partial charge in [0, 0.05) is 31.4 Å². The van der Waals surface area contributed by atoms with Crippen LogP contribution in [-0.2, 0) is 0 Å². The highest BCUT2D eigenvalue weighted by atomic mass is 35.5. The van der Waals surface area contributed by atoms with Crippen LogP contribution in [0.5, 0.6) is 0 Å². The average molecular weight is 361 g/mol. The highest BCUT2D eigenvalue weighted by Crippen LogP contribution is 2.23. The second-order valence-corrected chi connectivity index (χ2v) is 6.17. The molecule has 1 saturated heterocycles. The van der Waals surface area contributed by atoms with E-state index in [4.69, 9.17) is 4.52 Å². The van der Waals surface area contributed by atoms with Crippen LogP contribution in [0.1, 0.15) is 17.4 Å². The van der Waals surface area contributed by atoms with E-state index in [0.29, 0.717) is 5.89 Å². The summed E-state index contributed by atoms with van der Waals surface area (Å²) >= 11 is 0. The predicted octanol–water partition coefficient (Wildman–Crippen LogP) is 2.23. The fraction of sp³-hybridized carbons (Fsp3) is 0.353. The molecular formula is C17H21ClN6O. The molecule has 1 fully saturated rings. The monoisotopic (exact) mass is 360 g/mol. The van der Waals surface area contributed by atoms with Crippen LogP contribution in [0, 0.1) is 6.92 Å². The van der Waals surface area contributed by atoms with Crippen molar-refractivity contribution in [3.05, 3.63) is 48.0 Å². The normalized spacial score (nSPS) is 18.1. The van der Waals surface area contributed by atoms with Crippen LogP contribution in [0.3, 0.4) is 0 Å². The highest BCUT2D eigenvalue weighted by molar-refractivity contribution is 5.85. The SMILES string of the molecule is Cc1cnn(-c2ccc(-c3nc(C4CNCCN4C)no3)cc2)c1.Cl. The molecule has 2 aromatic heterocycles. The number of aromatic nitrogens is 4. The van der Waals surface area contributed by atoms with Gasteiger partial charge in [-0.25, -0.2) is 4.68 Å². The first-order chi connectivity index (χ1) is 11.7. The molecule has 4 rings (SSSR count). The van der Waals surface area contributed by atoms with Crippen LogP contribution in [0.25, 0.3) is 17.1 Å². The Balaban J connectivity index is 0.00000182. The number of hydrogen-bond acceptors (Lipinski definition) is 6. The lowest BCUT2D eigenvalue weighted by atomic mass is 10.2. The minimum absolute atomic E-state index is 0. The Morgan fingerprint density at radius 3 is 2.72 bits per heavy atom. The molecular weight excluding hydrogens is 340 g/mol. The minimum atomic E-state index is 0. The fourth-order valence-electron chi connectivity index (χ4n) is 2.89. The average Bonchev–Trinajstić information content (AvgIpc) is 3.25. The van der Waals surface area contributed by atoms with Crippen LogP contribution >= 0.6 is 12.4 Å². The van der Waals surface area contributed by atoms with Gasteiger partial charge in [-0.2, -0.15) is 10.1 Å². The van der Waals surface area contributed by atoms with Gasteiger partial charge in [0.2, 0.25) is 0 Å². The van der Waals surface area contributed by atoms with Crippen molar-refractivity contribution < 1.29 is 4.52 Å². The molecule has 7 nitrogen and oxygen atoms in total. The molecule has 3 aromatic rings. The van der Waals surface area contributed by atoms with Crippen molar-refractivity contribution >= 4 is 12.4 Å². The number of nitrogens with one attached hydrogen (secondary N) is 1. The third-order valence-corrected chi connectivity index (χ3v) is 4.34. The van der Waals surface area contributed by atoms with Crippen LogP contribution < -0.4 is 5.32 Å². The first-order valence-corrected chi connectivity index (χ1v) is 8.07. The summed E-state index contributed by atoms with van der Waals surface area (Å²) in [4.78, 5) is 6.82. The number of piperazine rings is 1. The van der Waals surface area contributed by atoms with E-state index >= 15 is 0 Å². The third-order valence-electron chi connectivity index (χ3n) is 4.34. The zero-order chi connectivity index (χ0) is 16.5. The lowest BCUT2D eigenvalue weighted by molar-refractivity contribution is 0.190. The van der Waals surface area contributed by atoms with Gasteiger partial charge in [-0.05, 0) is 43.8 Å². The quantitative estimate of drug-likeness (QED) is 0.772. The Hall–Kier alpha value is -2.22. The van der Waals surface area contributed by atoms with Crippen LogP contribution in [-0.4, -0.2) is 51.5 Å². The van der Waals surface area contributed by atoms with Crippen molar-refractivity contribution in [3.8, 4) is 17.1 Å².